The molecule has 1 aliphatic rings. The highest BCUT2D eigenvalue weighted by Gasteiger charge is 2.33. The molecule has 0 unspecified atom stereocenters. The number of hydrogen-bond acceptors (Lipinski definition) is 4. The van der Waals surface area contributed by atoms with Crippen LogP contribution in [0.25, 0.3) is 11.0 Å². The largest absolute Gasteiger partial charge is 0.345 e. The third-order valence-corrected chi connectivity index (χ3v) is 4.99. The van der Waals surface area contributed by atoms with Crippen molar-refractivity contribution in [1.82, 2.24) is 14.5 Å². The molecule has 0 aliphatic carbocycles. The van der Waals surface area contributed by atoms with E-state index in [1.165, 1.54) is 17.4 Å². The van der Waals surface area contributed by atoms with Gasteiger partial charge in [0.15, 0.2) is 0 Å². The Balaban J connectivity index is 0.00000102. The number of likely N-dealkylation sites (tertiary alicyclic amines) is 1. The van der Waals surface area contributed by atoms with Gasteiger partial charge in [-0.25, -0.2) is 4.98 Å². The number of hydrogen-bond donors (Lipinski definition) is 2. The summed E-state index contributed by atoms with van der Waals surface area (Å²) in [7, 11) is 0. The van der Waals surface area contributed by atoms with Crippen molar-refractivity contribution in [2.45, 2.75) is 39.1 Å². The molecule has 27 heavy (non-hydrogen) atoms. The van der Waals surface area contributed by atoms with Crippen LogP contribution in [-0.2, 0) is 12.5 Å². The van der Waals surface area contributed by atoms with Crippen LogP contribution in [0.5, 0.6) is 0 Å². The second-order valence-corrected chi connectivity index (χ2v) is 6.91. The molecule has 1 aromatic heterocycles. The Bertz CT molecular complexity index is 884. The zero-order chi connectivity index (χ0) is 19.4. The molecule has 0 spiro atoms. The first-order valence-corrected chi connectivity index (χ1v) is 9.83. The zero-order valence-electron chi connectivity index (χ0n) is 15.8. The molecule has 0 saturated carbocycles. The minimum Gasteiger partial charge on any atom is -0.345 e. The van der Waals surface area contributed by atoms with Crippen LogP contribution in [0.15, 0.2) is 48.5 Å². The maximum absolute atomic E-state index is 11.0. The van der Waals surface area contributed by atoms with Gasteiger partial charge in [0.25, 0.3) is 5.91 Å². The molecular weight excluding hydrogens is 362 g/mol. The lowest BCUT2D eigenvalue weighted by Gasteiger charge is -2.27. The maximum atomic E-state index is 11.0. The number of para-hydroxylation sites is 2. The minimum absolute atomic E-state index is 0.350. The Morgan fingerprint density at radius 3 is 2.30 bits per heavy atom. The Hall–Kier alpha value is -1.92. The zero-order valence-corrected chi connectivity index (χ0v) is 16.5. The van der Waals surface area contributed by atoms with Crippen LogP contribution in [-0.4, -0.2) is 37.8 Å². The van der Waals surface area contributed by atoms with Crippen LogP contribution in [0, 0.1) is 0 Å². The lowest BCUT2D eigenvalue weighted by molar-refractivity contribution is -0.191. The van der Waals surface area contributed by atoms with E-state index in [1.54, 1.807) is 24.3 Å². The van der Waals surface area contributed by atoms with Crippen molar-refractivity contribution < 1.29 is 10.2 Å². The Morgan fingerprint density at radius 2 is 1.63 bits per heavy atom. The van der Waals surface area contributed by atoms with Crippen LogP contribution >= 0.6 is 11.6 Å². The monoisotopic (exact) mass is 387 g/mol. The molecular formula is C21H26ClN3O2. The van der Waals surface area contributed by atoms with Gasteiger partial charge in [0, 0.05) is 10.6 Å². The molecule has 5 nitrogen and oxygen atoms in total. The third kappa shape index (κ3) is 4.01. The van der Waals surface area contributed by atoms with Crippen LogP contribution < -0.4 is 0 Å². The molecule has 2 N–H and O–H groups in total. The molecule has 0 radical (unpaired) electrons. The normalized spacial score (nSPS) is 15.0. The average molecular weight is 388 g/mol. The minimum atomic E-state index is -2.20. The Kier molecular flexibility index (Phi) is 6.17. The molecule has 1 saturated heterocycles. The fourth-order valence-electron chi connectivity index (χ4n) is 3.47. The van der Waals surface area contributed by atoms with Gasteiger partial charge >= 0.3 is 0 Å². The number of halogens is 1. The summed E-state index contributed by atoms with van der Waals surface area (Å²) < 4.78 is 1.52. The van der Waals surface area contributed by atoms with Crippen LogP contribution in [0.1, 0.15) is 38.1 Å². The van der Waals surface area contributed by atoms with Crippen LogP contribution in [0.4, 0.5) is 0 Å². The van der Waals surface area contributed by atoms with E-state index in [1.807, 2.05) is 38.1 Å². The first kappa shape index (κ1) is 19.8. The number of benzene rings is 2. The number of nitrogens with zero attached hydrogens (tertiary/aromatic N) is 3. The van der Waals surface area contributed by atoms with Gasteiger partial charge in [-0.2, -0.15) is 0 Å². The first-order valence-electron chi connectivity index (χ1n) is 9.46. The quantitative estimate of drug-likeness (QED) is 0.665. The second kappa shape index (κ2) is 8.40. The smallest absolute Gasteiger partial charge is 0.280 e. The number of aromatic nitrogens is 2. The molecule has 6 heteroatoms. The second-order valence-electron chi connectivity index (χ2n) is 6.48. The molecule has 3 aromatic rings. The molecule has 4 rings (SSSR count). The Morgan fingerprint density at radius 1 is 1.00 bits per heavy atom. The SMILES string of the molecule is CC.OC(O)(c1ccc(Cl)cc1)n1c(CN2CCCC2)nc2ccccc21. The highest BCUT2D eigenvalue weighted by atomic mass is 35.5. The van der Waals surface area contributed by atoms with E-state index in [9.17, 15) is 10.2 Å². The van der Waals surface area contributed by atoms with Crippen molar-refractivity contribution in [3.05, 3.63) is 64.9 Å². The number of fused-ring (bicyclic) bond motifs is 1. The predicted octanol–water partition coefficient (Wildman–Crippen LogP) is 3.95. The van der Waals surface area contributed by atoms with E-state index in [0.717, 1.165) is 18.6 Å². The summed E-state index contributed by atoms with van der Waals surface area (Å²) >= 11 is 5.94. The van der Waals surface area contributed by atoms with E-state index in [-0.39, 0.29) is 0 Å². The number of rotatable bonds is 4. The van der Waals surface area contributed by atoms with Gasteiger partial charge in [-0.1, -0.05) is 49.7 Å². The summed E-state index contributed by atoms with van der Waals surface area (Å²) in [4.78, 5) is 6.95. The highest BCUT2D eigenvalue weighted by molar-refractivity contribution is 6.30. The topological polar surface area (TPSA) is 61.5 Å². The fourth-order valence-corrected chi connectivity index (χ4v) is 3.60. The molecule has 0 amide bonds. The fraction of sp³-hybridized carbons (Fsp3) is 0.381. The van der Waals surface area contributed by atoms with Crippen molar-refractivity contribution in [3.8, 4) is 0 Å². The van der Waals surface area contributed by atoms with Crippen LogP contribution in [0.3, 0.4) is 0 Å². The van der Waals surface area contributed by atoms with Crippen molar-refractivity contribution in [3.63, 3.8) is 0 Å². The van der Waals surface area contributed by atoms with Gasteiger partial charge in [0.1, 0.15) is 5.82 Å². The van der Waals surface area contributed by atoms with Gasteiger partial charge in [-0.05, 0) is 50.2 Å². The van der Waals surface area contributed by atoms with Crippen molar-refractivity contribution in [2.24, 2.45) is 0 Å². The first-order chi connectivity index (χ1) is 13.1. The van der Waals surface area contributed by atoms with Gasteiger partial charge < -0.3 is 10.2 Å². The van der Waals surface area contributed by atoms with Crippen molar-refractivity contribution in [2.75, 3.05) is 13.1 Å². The number of imidazole rings is 1. The lowest BCUT2D eigenvalue weighted by atomic mass is 10.1. The maximum Gasteiger partial charge on any atom is 0.280 e. The highest BCUT2D eigenvalue weighted by Crippen LogP contribution is 2.29. The molecule has 2 heterocycles. The van der Waals surface area contributed by atoms with Gasteiger partial charge in [0.05, 0.1) is 17.6 Å². The van der Waals surface area contributed by atoms with Crippen LogP contribution in [0.2, 0.25) is 5.02 Å². The molecule has 144 valence electrons. The van der Waals surface area contributed by atoms with Gasteiger partial charge in [0.2, 0.25) is 0 Å². The van der Waals surface area contributed by atoms with E-state index in [2.05, 4.69) is 9.88 Å². The van der Waals surface area contributed by atoms with Gasteiger partial charge in [-0.15, -0.1) is 0 Å². The van der Waals surface area contributed by atoms with E-state index in [0.29, 0.717) is 28.5 Å². The van der Waals surface area contributed by atoms with E-state index in [4.69, 9.17) is 11.6 Å². The Labute approximate surface area is 164 Å². The predicted molar refractivity (Wildman–Crippen MR) is 109 cm³/mol. The van der Waals surface area contributed by atoms with Crippen molar-refractivity contribution in [1.29, 1.82) is 0 Å². The van der Waals surface area contributed by atoms with E-state index < -0.39 is 5.91 Å². The lowest BCUT2D eigenvalue weighted by Crippen LogP contribution is -2.37. The van der Waals surface area contributed by atoms with Gasteiger partial charge in [-0.3, -0.25) is 9.47 Å². The average Bonchev–Trinajstić information content (AvgIpc) is 3.31. The summed E-state index contributed by atoms with van der Waals surface area (Å²) in [6.45, 7) is 6.60. The summed E-state index contributed by atoms with van der Waals surface area (Å²) in [5.41, 5.74) is 1.79. The van der Waals surface area contributed by atoms with E-state index >= 15 is 0 Å². The standard InChI is InChI=1S/C19H20ClN3O2.C2H6/c20-15-9-7-14(8-10-15)19(24,25)23-17-6-2-1-5-16(17)21-18(23)13-22-11-3-4-12-22;1-2/h1-2,5-10,24-25H,3-4,11-13H2;1-2H3. The molecule has 0 atom stereocenters. The van der Waals surface area contributed by atoms with Crippen molar-refractivity contribution >= 4 is 22.6 Å². The molecule has 0 bridgehead atoms. The third-order valence-electron chi connectivity index (χ3n) is 4.74. The molecule has 1 fully saturated rings. The summed E-state index contributed by atoms with van der Waals surface area (Å²) in [5.74, 6) is -1.56. The molecule has 1 aliphatic heterocycles. The summed E-state index contributed by atoms with van der Waals surface area (Å²) in [5, 5.41) is 22.6. The number of aliphatic hydroxyl groups is 2. The summed E-state index contributed by atoms with van der Waals surface area (Å²) in [6.07, 6.45) is 2.33. The summed E-state index contributed by atoms with van der Waals surface area (Å²) in [6, 6.07) is 14.1. The molecule has 2 aromatic carbocycles.